The van der Waals surface area contributed by atoms with Crippen LogP contribution in [0.4, 0.5) is 0 Å². The molecule has 86 valence electrons. The Morgan fingerprint density at radius 2 is 2.12 bits per heavy atom. The highest BCUT2D eigenvalue weighted by Gasteiger charge is 2.13. The summed E-state index contributed by atoms with van der Waals surface area (Å²) in [6, 6.07) is 8.24. The van der Waals surface area contributed by atoms with Crippen molar-refractivity contribution in [2.75, 3.05) is 6.61 Å². The van der Waals surface area contributed by atoms with Gasteiger partial charge in [0.2, 0.25) is 0 Å². The Morgan fingerprint density at radius 3 is 2.75 bits per heavy atom. The quantitative estimate of drug-likeness (QED) is 0.771. The molecule has 1 aliphatic heterocycles. The molecule has 0 spiro atoms. The molecule has 0 radical (unpaired) electrons. The van der Waals surface area contributed by atoms with E-state index in [0.29, 0.717) is 6.61 Å². The minimum atomic E-state index is -0.00664. The molecule has 0 saturated carbocycles. The Balaban J connectivity index is 1.81. The van der Waals surface area contributed by atoms with Gasteiger partial charge < -0.3 is 9.47 Å². The summed E-state index contributed by atoms with van der Waals surface area (Å²) in [6.07, 6.45) is 5.22. The molecule has 0 amide bonds. The van der Waals surface area contributed by atoms with E-state index in [1.807, 2.05) is 18.2 Å². The summed E-state index contributed by atoms with van der Waals surface area (Å²) in [7, 11) is 0. The number of hydrogen-bond donors (Lipinski definition) is 0. The van der Waals surface area contributed by atoms with Crippen molar-refractivity contribution in [1.82, 2.24) is 0 Å². The lowest BCUT2D eigenvalue weighted by atomic mass is 10.1. The Labute approximate surface area is 96.9 Å². The summed E-state index contributed by atoms with van der Waals surface area (Å²) in [5, 5.41) is 0. The van der Waals surface area contributed by atoms with Crippen LogP contribution in [0.25, 0.3) is 6.08 Å². The summed E-state index contributed by atoms with van der Waals surface area (Å²) >= 11 is 0. The smallest absolute Gasteiger partial charge is 0.158 e. The van der Waals surface area contributed by atoms with E-state index in [2.05, 4.69) is 18.7 Å². The highest BCUT2D eigenvalue weighted by Crippen LogP contribution is 2.15. The fraction of sp³-hybridized carbons (Fsp3) is 0.429. The SMILES string of the molecule is C=Cc1ccc(COC2CCCCO2)cc1. The van der Waals surface area contributed by atoms with Gasteiger partial charge in [0.1, 0.15) is 0 Å². The van der Waals surface area contributed by atoms with Gasteiger partial charge in [-0.1, -0.05) is 36.9 Å². The molecule has 0 aliphatic carbocycles. The number of rotatable bonds is 4. The topological polar surface area (TPSA) is 18.5 Å². The Bertz CT molecular complexity index is 323. The zero-order valence-electron chi connectivity index (χ0n) is 9.52. The van der Waals surface area contributed by atoms with Gasteiger partial charge in [-0.3, -0.25) is 0 Å². The number of hydrogen-bond acceptors (Lipinski definition) is 2. The third-order valence-electron chi connectivity index (χ3n) is 2.79. The third kappa shape index (κ3) is 3.19. The van der Waals surface area contributed by atoms with Crippen LogP contribution < -0.4 is 0 Å². The summed E-state index contributed by atoms with van der Waals surface area (Å²) in [4.78, 5) is 0. The highest BCUT2D eigenvalue weighted by atomic mass is 16.7. The molecular formula is C14H18O2. The van der Waals surface area contributed by atoms with Crippen molar-refractivity contribution in [3.8, 4) is 0 Å². The first-order chi connectivity index (χ1) is 7.88. The predicted molar refractivity (Wildman–Crippen MR) is 64.9 cm³/mol. The van der Waals surface area contributed by atoms with E-state index >= 15 is 0 Å². The van der Waals surface area contributed by atoms with Gasteiger partial charge in [0.05, 0.1) is 6.61 Å². The molecule has 2 heteroatoms. The molecule has 1 heterocycles. The van der Waals surface area contributed by atoms with Crippen LogP contribution >= 0.6 is 0 Å². The first-order valence-corrected chi connectivity index (χ1v) is 5.83. The first-order valence-electron chi connectivity index (χ1n) is 5.83. The zero-order chi connectivity index (χ0) is 11.2. The van der Waals surface area contributed by atoms with Gasteiger partial charge in [0.25, 0.3) is 0 Å². The van der Waals surface area contributed by atoms with Gasteiger partial charge in [-0.15, -0.1) is 0 Å². The third-order valence-corrected chi connectivity index (χ3v) is 2.79. The largest absolute Gasteiger partial charge is 0.353 e. The van der Waals surface area contributed by atoms with E-state index in [0.717, 1.165) is 25.0 Å². The Hall–Kier alpha value is -1.12. The molecule has 1 aliphatic rings. The predicted octanol–water partition coefficient (Wildman–Crippen LogP) is 3.37. The van der Waals surface area contributed by atoms with Crippen molar-refractivity contribution < 1.29 is 9.47 Å². The van der Waals surface area contributed by atoms with Crippen molar-refractivity contribution in [2.45, 2.75) is 32.2 Å². The van der Waals surface area contributed by atoms with Crippen LogP contribution in [-0.2, 0) is 16.1 Å². The zero-order valence-corrected chi connectivity index (χ0v) is 9.52. The molecule has 1 aromatic carbocycles. The number of benzene rings is 1. The molecule has 16 heavy (non-hydrogen) atoms. The second-order valence-electron chi connectivity index (χ2n) is 4.05. The van der Waals surface area contributed by atoms with Crippen molar-refractivity contribution in [3.63, 3.8) is 0 Å². The molecule has 0 N–H and O–H groups in total. The lowest BCUT2D eigenvalue weighted by Crippen LogP contribution is -2.21. The Kier molecular flexibility index (Phi) is 4.14. The molecule has 1 saturated heterocycles. The maximum atomic E-state index is 5.69. The molecule has 1 fully saturated rings. The lowest BCUT2D eigenvalue weighted by Gasteiger charge is -2.22. The molecule has 2 nitrogen and oxygen atoms in total. The Morgan fingerprint density at radius 1 is 1.31 bits per heavy atom. The van der Waals surface area contributed by atoms with Gasteiger partial charge in [-0.05, 0) is 30.4 Å². The van der Waals surface area contributed by atoms with Gasteiger partial charge in [-0.25, -0.2) is 0 Å². The minimum absolute atomic E-state index is 0.00664. The second-order valence-corrected chi connectivity index (χ2v) is 4.05. The summed E-state index contributed by atoms with van der Waals surface area (Å²) in [5.41, 5.74) is 2.32. The average Bonchev–Trinajstić information content (AvgIpc) is 2.38. The van der Waals surface area contributed by atoms with Crippen LogP contribution in [0.5, 0.6) is 0 Å². The summed E-state index contributed by atoms with van der Waals surface area (Å²) in [6.45, 7) is 5.19. The van der Waals surface area contributed by atoms with Crippen LogP contribution in [0.3, 0.4) is 0 Å². The molecule has 2 rings (SSSR count). The fourth-order valence-electron chi connectivity index (χ4n) is 1.78. The van der Waals surface area contributed by atoms with Gasteiger partial charge in [-0.2, -0.15) is 0 Å². The molecule has 1 atom stereocenters. The van der Waals surface area contributed by atoms with E-state index in [-0.39, 0.29) is 6.29 Å². The van der Waals surface area contributed by atoms with Crippen molar-refractivity contribution >= 4 is 6.08 Å². The summed E-state index contributed by atoms with van der Waals surface area (Å²) in [5.74, 6) is 0. The van der Waals surface area contributed by atoms with Gasteiger partial charge in [0.15, 0.2) is 6.29 Å². The van der Waals surface area contributed by atoms with Crippen LogP contribution in [0.1, 0.15) is 30.4 Å². The normalized spacial score (nSPS) is 20.6. The first kappa shape index (κ1) is 11.4. The standard InChI is InChI=1S/C14H18O2/c1-2-12-6-8-13(9-7-12)11-16-14-5-3-4-10-15-14/h2,6-9,14H,1,3-5,10-11H2. The lowest BCUT2D eigenvalue weighted by molar-refractivity contribution is -0.168. The monoisotopic (exact) mass is 218 g/mol. The van der Waals surface area contributed by atoms with E-state index < -0.39 is 0 Å². The van der Waals surface area contributed by atoms with E-state index in [9.17, 15) is 0 Å². The van der Waals surface area contributed by atoms with E-state index in [1.54, 1.807) is 0 Å². The van der Waals surface area contributed by atoms with Crippen LogP contribution in [0, 0.1) is 0 Å². The van der Waals surface area contributed by atoms with Crippen molar-refractivity contribution in [3.05, 3.63) is 42.0 Å². The van der Waals surface area contributed by atoms with E-state index in [1.165, 1.54) is 12.0 Å². The van der Waals surface area contributed by atoms with E-state index in [4.69, 9.17) is 9.47 Å². The molecule has 1 unspecified atom stereocenters. The minimum Gasteiger partial charge on any atom is -0.353 e. The summed E-state index contributed by atoms with van der Waals surface area (Å²) < 4.78 is 11.2. The molecular weight excluding hydrogens is 200 g/mol. The molecule has 0 aromatic heterocycles. The highest BCUT2D eigenvalue weighted by molar-refractivity contribution is 5.47. The maximum Gasteiger partial charge on any atom is 0.158 e. The van der Waals surface area contributed by atoms with Crippen molar-refractivity contribution in [1.29, 1.82) is 0 Å². The van der Waals surface area contributed by atoms with Crippen LogP contribution in [0.15, 0.2) is 30.8 Å². The van der Waals surface area contributed by atoms with Crippen LogP contribution in [0.2, 0.25) is 0 Å². The fourth-order valence-corrected chi connectivity index (χ4v) is 1.78. The van der Waals surface area contributed by atoms with Gasteiger partial charge in [0, 0.05) is 6.61 Å². The second kappa shape index (κ2) is 5.83. The van der Waals surface area contributed by atoms with Crippen LogP contribution in [-0.4, -0.2) is 12.9 Å². The van der Waals surface area contributed by atoms with Crippen molar-refractivity contribution in [2.24, 2.45) is 0 Å². The average molecular weight is 218 g/mol. The maximum absolute atomic E-state index is 5.69. The number of ether oxygens (including phenoxy) is 2. The molecule has 0 bridgehead atoms. The van der Waals surface area contributed by atoms with Gasteiger partial charge >= 0.3 is 0 Å². The molecule has 1 aromatic rings.